The summed E-state index contributed by atoms with van der Waals surface area (Å²) in [7, 11) is 1.38. The first-order valence-corrected chi connectivity index (χ1v) is 8.55. The van der Waals surface area contributed by atoms with Crippen LogP contribution in [-0.4, -0.2) is 53.8 Å². The van der Waals surface area contributed by atoms with E-state index in [1.807, 2.05) is 0 Å². The normalized spacial score (nSPS) is 22.0. The molecule has 0 saturated carbocycles. The Bertz CT molecular complexity index is 738. The van der Waals surface area contributed by atoms with Crippen LogP contribution >= 0.6 is 0 Å². The lowest BCUT2D eigenvalue weighted by Gasteiger charge is -2.34. The van der Waals surface area contributed by atoms with Gasteiger partial charge in [-0.1, -0.05) is 6.07 Å². The van der Waals surface area contributed by atoms with Gasteiger partial charge in [0.05, 0.1) is 19.1 Å². The molecule has 2 atom stereocenters. The molecular formula is C19H26N2O3. The fraction of sp³-hybridized carbons (Fsp3) is 0.526. The van der Waals surface area contributed by atoms with E-state index in [1.165, 1.54) is 34.7 Å². The number of rotatable bonds is 4. The van der Waals surface area contributed by atoms with Crippen molar-refractivity contribution in [3.63, 3.8) is 0 Å². The largest absolute Gasteiger partial charge is 0.469 e. The van der Waals surface area contributed by atoms with E-state index in [2.05, 4.69) is 42.1 Å². The van der Waals surface area contributed by atoms with E-state index >= 15 is 0 Å². The number of aromatic amines is 1. The fourth-order valence-corrected chi connectivity index (χ4v) is 3.81. The van der Waals surface area contributed by atoms with Gasteiger partial charge in [-0.15, -0.1) is 0 Å². The number of hydrogen-bond acceptors (Lipinski definition) is 4. The zero-order chi connectivity index (χ0) is 17.3. The number of ether oxygens (including phenoxy) is 1. The molecule has 3 rings (SSSR count). The Labute approximate surface area is 142 Å². The van der Waals surface area contributed by atoms with Crippen LogP contribution in [0.3, 0.4) is 0 Å². The summed E-state index contributed by atoms with van der Waals surface area (Å²) in [6, 6.07) is 4.39. The molecule has 0 spiro atoms. The minimum Gasteiger partial charge on any atom is -0.469 e. The molecular weight excluding hydrogens is 304 g/mol. The van der Waals surface area contributed by atoms with Crippen LogP contribution in [-0.2, 0) is 16.0 Å². The molecule has 2 aromatic rings. The van der Waals surface area contributed by atoms with Gasteiger partial charge in [0.15, 0.2) is 0 Å². The lowest BCUT2D eigenvalue weighted by molar-refractivity contribution is -0.152. The predicted octanol–water partition coefficient (Wildman–Crippen LogP) is 2.18. The van der Waals surface area contributed by atoms with Crippen molar-refractivity contribution in [2.75, 3.05) is 26.7 Å². The third-order valence-electron chi connectivity index (χ3n) is 5.06. The van der Waals surface area contributed by atoms with Crippen LogP contribution in [0, 0.1) is 19.8 Å². The lowest BCUT2D eigenvalue weighted by atomic mass is 9.94. The monoisotopic (exact) mass is 330 g/mol. The first-order chi connectivity index (χ1) is 11.5. The van der Waals surface area contributed by atoms with Gasteiger partial charge in [0.2, 0.25) is 0 Å². The molecule has 1 aliphatic heterocycles. The van der Waals surface area contributed by atoms with E-state index in [4.69, 9.17) is 4.74 Å². The average Bonchev–Trinajstić information content (AvgIpc) is 2.96. The van der Waals surface area contributed by atoms with Gasteiger partial charge in [-0.05, 0) is 49.4 Å². The highest BCUT2D eigenvalue weighted by molar-refractivity contribution is 5.87. The number of aliphatic hydroxyl groups excluding tert-OH is 1. The molecule has 130 valence electrons. The second-order valence-corrected chi connectivity index (χ2v) is 6.85. The van der Waals surface area contributed by atoms with Crippen molar-refractivity contribution < 1.29 is 14.6 Å². The molecule has 1 aromatic carbocycles. The van der Waals surface area contributed by atoms with E-state index in [0.717, 1.165) is 19.5 Å². The minimum absolute atomic E-state index is 0.314. The number of nitrogens with one attached hydrogen (secondary N) is 1. The zero-order valence-corrected chi connectivity index (χ0v) is 14.6. The van der Waals surface area contributed by atoms with E-state index in [9.17, 15) is 9.90 Å². The topological polar surface area (TPSA) is 65.6 Å². The number of likely N-dealkylation sites (tertiary alicyclic amines) is 1. The van der Waals surface area contributed by atoms with Crippen molar-refractivity contribution >= 4 is 16.9 Å². The number of benzene rings is 1. The Hall–Kier alpha value is -1.85. The number of piperidine rings is 1. The fourth-order valence-electron chi connectivity index (χ4n) is 3.81. The summed E-state index contributed by atoms with van der Waals surface area (Å²) in [4.78, 5) is 17.4. The van der Waals surface area contributed by atoms with Crippen molar-refractivity contribution in [3.8, 4) is 0 Å². The second-order valence-electron chi connectivity index (χ2n) is 6.85. The maximum atomic E-state index is 11.8. The number of carbonyl (C=O) groups is 1. The molecule has 2 N–H and O–H groups in total. The quantitative estimate of drug-likeness (QED) is 0.844. The van der Waals surface area contributed by atoms with Crippen LogP contribution in [0.5, 0.6) is 0 Å². The number of hydrogen-bond donors (Lipinski definition) is 2. The summed E-state index contributed by atoms with van der Waals surface area (Å²) in [5.74, 6) is -0.748. The van der Waals surface area contributed by atoms with Crippen molar-refractivity contribution in [1.82, 2.24) is 9.88 Å². The van der Waals surface area contributed by atoms with Gasteiger partial charge in [0, 0.05) is 36.7 Å². The summed E-state index contributed by atoms with van der Waals surface area (Å²) in [5.41, 5.74) is 5.05. The molecule has 1 saturated heterocycles. The molecule has 0 aliphatic carbocycles. The second kappa shape index (κ2) is 6.95. The van der Waals surface area contributed by atoms with Crippen molar-refractivity contribution in [1.29, 1.82) is 0 Å². The van der Waals surface area contributed by atoms with Crippen LogP contribution in [0.15, 0.2) is 18.3 Å². The lowest BCUT2D eigenvalue weighted by Crippen LogP contribution is -2.47. The van der Waals surface area contributed by atoms with Gasteiger partial charge in [0.1, 0.15) is 0 Å². The Balaban J connectivity index is 1.69. The first kappa shape index (κ1) is 17.0. The number of carbonyl (C=O) groups excluding carboxylic acids is 1. The van der Waals surface area contributed by atoms with Crippen molar-refractivity contribution in [2.45, 2.75) is 32.8 Å². The average molecular weight is 330 g/mol. The van der Waals surface area contributed by atoms with Crippen LogP contribution in [0.4, 0.5) is 0 Å². The summed E-state index contributed by atoms with van der Waals surface area (Å²) < 4.78 is 4.81. The molecule has 1 fully saturated rings. The van der Waals surface area contributed by atoms with E-state index in [1.54, 1.807) is 0 Å². The Kier molecular flexibility index (Phi) is 4.92. The number of aromatic nitrogens is 1. The third-order valence-corrected chi connectivity index (χ3v) is 5.06. The zero-order valence-electron chi connectivity index (χ0n) is 14.6. The van der Waals surface area contributed by atoms with E-state index in [0.29, 0.717) is 13.0 Å². The molecule has 1 aromatic heterocycles. The van der Waals surface area contributed by atoms with E-state index < -0.39 is 12.0 Å². The number of aryl methyl sites for hydroxylation is 2. The highest BCUT2D eigenvalue weighted by Gasteiger charge is 2.33. The standard InChI is InChI=1S/C19H26N2O3/c1-12-8-13(2)18-14(10-20-16(18)9-12)4-6-21-7-5-17(22)15(11-21)19(23)24-3/h8-10,15,17,20,22H,4-7,11H2,1-3H3/t15-,17-/m1/s1. The SMILES string of the molecule is COC(=O)[C@@H]1CN(CCc2c[nH]c3cc(C)cc(C)c23)CC[C@H]1O. The van der Waals surface area contributed by atoms with Crippen LogP contribution in [0.1, 0.15) is 23.1 Å². The highest BCUT2D eigenvalue weighted by atomic mass is 16.5. The summed E-state index contributed by atoms with van der Waals surface area (Å²) >= 11 is 0. The number of H-pyrrole nitrogens is 1. The van der Waals surface area contributed by atoms with Crippen LogP contribution in [0.2, 0.25) is 0 Å². The first-order valence-electron chi connectivity index (χ1n) is 8.55. The molecule has 0 amide bonds. The van der Waals surface area contributed by atoms with Crippen molar-refractivity contribution in [3.05, 3.63) is 35.0 Å². The Morgan fingerprint density at radius 3 is 2.96 bits per heavy atom. The molecule has 0 unspecified atom stereocenters. The maximum absolute atomic E-state index is 11.8. The molecule has 1 aliphatic rings. The predicted molar refractivity (Wildman–Crippen MR) is 94.0 cm³/mol. The maximum Gasteiger partial charge on any atom is 0.312 e. The number of aliphatic hydroxyl groups is 1. The summed E-state index contributed by atoms with van der Waals surface area (Å²) in [6.45, 7) is 6.51. The molecule has 2 heterocycles. The Morgan fingerprint density at radius 2 is 2.21 bits per heavy atom. The van der Waals surface area contributed by atoms with Gasteiger partial charge in [-0.2, -0.15) is 0 Å². The molecule has 5 nitrogen and oxygen atoms in total. The number of esters is 1. The number of nitrogens with zero attached hydrogens (tertiary/aromatic N) is 1. The van der Waals surface area contributed by atoms with Gasteiger partial charge in [0.25, 0.3) is 0 Å². The summed E-state index contributed by atoms with van der Waals surface area (Å²) in [6.07, 6.45) is 3.04. The number of fused-ring (bicyclic) bond motifs is 1. The number of methoxy groups -OCH3 is 1. The van der Waals surface area contributed by atoms with Gasteiger partial charge in [-0.3, -0.25) is 4.79 Å². The molecule has 5 heteroatoms. The van der Waals surface area contributed by atoms with Gasteiger partial charge >= 0.3 is 5.97 Å². The minimum atomic E-state index is -0.591. The molecule has 0 bridgehead atoms. The smallest absolute Gasteiger partial charge is 0.312 e. The van der Waals surface area contributed by atoms with Crippen LogP contribution in [0.25, 0.3) is 10.9 Å². The third kappa shape index (κ3) is 3.32. The molecule has 24 heavy (non-hydrogen) atoms. The summed E-state index contributed by atoms with van der Waals surface area (Å²) in [5, 5.41) is 11.3. The van der Waals surface area contributed by atoms with Crippen LogP contribution < -0.4 is 0 Å². The van der Waals surface area contributed by atoms with Gasteiger partial charge < -0.3 is 19.7 Å². The molecule has 0 radical (unpaired) electrons. The Morgan fingerprint density at radius 1 is 1.42 bits per heavy atom. The highest BCUT2D eigenvalue weighted by Crippen LogP contribution is 2.25. The van der Waals surface area contributed by atoms with Gasteiger partial charge in [-0.25, -0.2) is 0 Å². The van der Waals surface area contributed by atoms with E-state index in [-0.39, 0.29) is 5.97 Å². The van der Waals surface area contributed by atoms with Crippen molar-refractivity contribution in [2.24, 2.45) is 5.92 Å².